The fraction of sp³-hybridized carbons (Fsp3) is 0.136. The van der Waals surface area contributed by atoms with E-state index < -0.39 is 0 Å². The van der Waals surface area contributed by atoms with Gasteiger partial charge in [-0.25, -0.2) is 4.98 Å². The molecule has 5 rings (SSSR count). The monoisotopic (exact) mass is 436 g/mol. The van der Waals surface area contributed by atoms with Crippen molar-refractivity contribution in [2.45, 2.75) is 24.4 Å². The molecule has 8 heteroatoms. The van der Waals surface area contributed by atoms with E-state index in [9.17, 15) is 0 Å². The summed E-state index contributed by atoms with van der Waals surface area (Å²) in [6.07, 6.45) is 1.61. The third-order valence-corrected chi connectivity index (χ3v) is 5.84. The highest BCUT2D eigenvalue weighted by Gasteiger charge is 2.16. The first-order valence-corrected chi connectivity index (χ1v) is 10.7. The number of furan rings is 1. The van der Waals surface area contributed by atoms with Crippen LogP contribution in [0.2, 0.25) is 5.02 Å². The Hall–Kier alpha value is -3.03. The summed E-state index contributed by atoms with van der Waals surface area (Å²) in [7, 11) is 0. The Morgan fingerprint density at radius 2 is 1.93 bits per heavy atom. The largest absolute Gasteiger partial charge is 0.469 e. The molecule has 3 aromatic heterocycles. The molecule has 0 saturated carbocycles. The van der Waals surface area contributed by atoms with Crippen LogP contribution < -0.4 is 0 Å². The molecule has 5 aromatic rings. The Bertz CT molecular complexity index is 1310. The van der Waals surface area contributed by atoms with E-state index in [0.717, 1.165) is 34.7 Å². The molecular weight excluding hydrogens is 420 g/mol. The van der Waals surface area contributed by atoms with Crippen LogP contribution in [0.25, 0.3) is 22.5 Å². The molecule has 0 N–H and O–H groups in total. The first-order chi connectivity index (χ1) is 14.7. The molecule has 0 unspecified atom stereocenters. The van der Waals surface area contributed by atoms with Gasteiger partial charge in [-0.1, -0.05) is 53.7 Å². The molecule has 0 spiro atoms. The van der Waals surface area contributed by atoms with Crippen LogP contribution in [-0.2, 0) is 12.3 Å². The Morgan fingerprint density at radius 3 is 2.73 bits per heavy atom. The van der Waals surface area contributed by atoms with Crippen molar-refractivity contribution in [2.75, 3.05) is 0 Å². The maximum absolute atomic E-state index is 6.18. The summed E-state index contributed by atoms with van der Waals surface area (Å²) in [6, 6.07) is 17.9. The normalized spacial score (nSPS) is 11.4. The van der Waals surface area contributed by atoms with Crippen molar-refractivity contribution in [3.63, 3.8) is 0 Å². The Morgan fingerprint density at radius 1 is 1.07 bits per heavy atom. The van der Waals surface area contributed by atoms with E-state index in [1.165, 1.54) is 17.3 Å². The van der Waals surface area contributed by atoms with Crippen LogP contribution in [0.4, 0.5) is 0 Å². The summed E-state index contributed by atoms with van der Waals surface area (Å²) in [4.78, 5) is 4.81. The fourth-order valence-electron chi connectivity index (χ4n) is 3.32. The maximum atomic E-state index is 6.18. The van der Waals surface area contributed by atoms with Crippen molar-refractivity contribution >= 4 is 34.4 Å². The number of halogens is 1. The van der Waals surface area contributed by atoms with E-state index >= 15 is 0 Å². The van der Waals surface area contributed by atoms with Crippen molar-refractivity contribution in [1.82, 2.24) is 19.7 Å². The summed E-state index contributed by atoms with van der Waals surface area (Å²) < 4.78 is 13.3. The molecule has 0 aliphatic rings. The number of nitrogens with zero attached hydrogens (tertiary/aromatic N) is 4. The first kappa shape index (κ1) is 19.0. The lowest BCUT2D eigenvalue weighted by atomic mass is 10.2. The van der Waals surface area contributed by atoms with Gasteiger partial charge in [0.15, 0.2) is 0 Å². The topological polar surface area (TPSA) is 69.9 Å². The minimum atomic E-state index is 0.452. The molecule has 0 bridgehead atoms. The molecule has 0 aliphatic heterocycles. The van der Waals surface area contributed by atoms with E-state index in [-0.39, 0.29) is 0 Å². The number of benzene rings is 2. The summed E-state index contributed by atoms with van der Waals surface area (Å²) in [5.74, 6) is 2.70. The molecule has 0 atom stereocenters. The molecule has 0 fully saturated rings. The van der Waals surface area contributed by atoms with Crippen molar-refractivity contribution in [2.24, 2.45) is 0 Å². The van der Waals surface area contributed by atoms with Crippen LogP contribution in [0.5, 0.6) is 0 Å². The first-order valence-electron chi connectivity index (χ1n) is 9.37. The van der Waals surface area contributed by atoms with Gasteiger partial charge in [0.05, 0.1) is 28.6 Å². The van der Waals surface area contributed by atoms with Gasteiger partial charge in [-0.2, -0.15) is 0 Å². The molecule has 30 heavy (non-hydrogen) atoms. The number of aryl methyl sites for hydroxylation is 1. The Balaban J connectivity index is 1.43. The summed E-state index contributed by atoms with van der Waals surface area (Å²) in [5.41, 5.74) is 3.92. The lowest BCUT2D eigenvalue weighted by Crippen LogP contribution is -2.04. The van der Waals surface area contributed by atoms with Gasteiger partial charge in [0.25, 0.3) is 11.1 Å². The van der Waals surface area contributed by atoms with Gasteiger partial charge < -0.3 is 13.4 Å². The highest BCUT2D eigenvalue weighted by Crippen LogP contribution is 2.29. The van der Waals surface area contributed by atoms with Crippen molar-refractivity contribution in [3.05, 3.63) is 83.0 Å². The van der Waals surface area contributed by atoms with Crippen LogP contribution in [-0.4, -0.2) is 19.7 Å². The van der Waals surface area contributed by atoms with Crippen LogP contribution >= 0.6 is 23.4 Å². The molecule has 0 saturated heterocycles. The highest BCUT2D eigenvalue weighted by molar-refractivity contribution is 7.98. The molecule has 150 valence electrons. The van der Waals surface area contributed by atoms with Gasteiger partial charge in [0.1, 0.15) is 11.6 Å². The standard InChI is InChI=1S/C22H17ClN4O2S/c1-14-17(9-10-28-14)21-25-26-22(29-21)30-13-20-24-18-11-16(23)7-8-19(18)27(20)12-15-5-3-2-4-6-15/h2-11H,12-13H2,1H3. The van der Waals surface area contributed by atoms with Gasteiger partial charge in [0, 0.05) is 11.6 Å². The molecule has 0 aliphatic carbocycles. The quantitative estimate of drug-likeness (QED) is 0.305. The van der Waals surface area contributed by atoms with Crippen LogP contribution in [0.1, 0.15) is 17.1 Å². The maximum Gasteiger partial charge on any atom is 0.277 e. The minimum Gasteiger partial charge on any atom is -0.469 e. The van der Waals surface area contributed by atoms with Gasteiger partial charge in [0.2, 0.25) is 0 Å². The second-order valence-electron chi connectivity index (χ2n) is 6.79. The third kappa shape index (κ3) is 3.74. The molecule has 6 nitrogen and oxygen atoms in total. The van der Waals surface area contributed by atoms with Crippen molar-refractivity contribution in [3.8, 4) is 11.5 Å². The zero-order valence-electron chi connectivity index (χ0n) is 16.1. The molecule has 0 amide bonds. The molecule has 0 radical (unpaired) electrons. The Kier molecular flexibility index (Phi) is 5.06. The summed E-state index contributed by atoms with van der Waals surface area (Å²) in [6.45, 7) is 2.58. The minimum absolute atomic E-state index is 0.452. The Labute approximate surface area is 181 Å². The average molecular weight is 437 g/mol. The van der Waals surface area contributed by atoms with E-state index in [1.807, 2.05) is 49.4 Å². The van der Waals surface area contributed by atoms with Gasteiger partial charge in [-0.3, -0.25) is 0 Å². The second kappa shape index (κ2) is 8.01. The number of aromatic nitrogens is 4. The van der Waals surface area contributed by atoms with E-state index in [1.54, 1.807) is 6.26 Å². The zero-order valence-corrected chi connectivity index (χ0v) is 17.7. The van der Waals surface area contributed by atoms with Crippen LogP contribution in [0.3, 0.4) is 0 Å². The van der Waals surface area contributed by atoms with Crippen molar-refractivity contribution < 1.29 is 8.83 Å². The second-order valence-corrected chi connectivity index (χ2v) is 8.15. The number of hydrogen-bond acceptors (Lipinski definition) is 6. The van der Waals surface area contributed by atoms with Crippen LogP contribution in [0.15, 0.2) is 74.9 Å². The van der Waals surface area contributed by atoms with E-state index in [0.29, 0.717) is 21.9 Å². The molecular formula is C22H17ClN4O2S. The number of fused-ring (bicyclic) bond motifs is 1. The van der Waals surface area contributed by atoms with E-state index in [2.05, 4.69) is 26.9 Å². The van der Waals surface area contributed by atoms with E-state index in [4.69, 9.17) is 25.4 Å². The lowest BCUT2D eigenvalue weighted by Gasteiger charge is -2.09. The number of rotatable bonds is 6. The predicted octanol–water partition coefficient (Wildman–Crippen LogP) is 5.98. The number of hydrogen-bond donors (Lipinski definition) is 0. The average Bonchev–Trinajstić information content (AvgIpc) is 3.46. The number of imidazole rings is 1. The smallest absolute Gasteiger partial charge is 0.277 e. The highest BCUT2D eigenvalue weighted by atomic mass is 35.5. The molecule has 2 aromatic carbocycles. The van der Waals surface area contributed by atoms with Gasteiger partial charge in [-0.05, 0) is 36.8 Å². The predicted molar refractivity (Wildman–Crippen MR) is 117 cm³/mol. The summed E-state index contributed by atoms with van der Waals surface area (Å²) >= 11 is 7.64. The van der Waals surface area contributed by atoms with Crippen LogP contribution in [0, 0.1) is 6.92 Å². The fourth-order valence-corrected chi connectivity index (χ4v) is 4.19. The third-order valence-electron chi connectivity index (χ3n) is 4.79. The number of thioether (sulfide) groups is 1. The van der Waals surface area contributed by atoms with Crippen molar-refractivity contribution in [1.29, 1.82) is 0 Å². The zero-order chi connectivity index (χ0) is 20.5. The summed E-state index contributed by atoms with van der Waals surface area (Å²) in [5, 5.41) is 9.45. The lowest BCUT2D eigenvalue weighted by molar-refractivity contribution is 0.463. The van der Waals surface area contributed by atoms with Gasteiger partial charge >= 0.3 is 0 Å². The van der Waals surface area contributed by atoms with Gasteiger partial charge in [-0.15, -0.1) is 10.2 Å². The SMILES string of the molecule is Cc1occc1-c1nnc(SCc2nc3cc(Cl)ccc3n2Cc2ccccc2)o1. The molecule has 3 heterocycles.